The average Bonchev–Trinajstić information content (AvgIpc) is 2.25. The van der Waals surface area contributed by atoms with E-state index in [1.54, 1.807) is 18.7 Å². The maximum Gasteiger partial charge on any atom is 0.146 e. The number of nitrogens with one attached hydrogen (secondary N) is 1. The van der Waals surface area contributed by atoms with Gasteiger partial charge in [-0.3, -0.25) is 0 Å². The molecule has 0 saturated heterocycles. The van der Waals surface area contributed by atoms with E-state index in [0.717, 1.165) is 18.6 Å². The van der Waals surface area contributed by atoms with Crippen LogP contribution >= 0.6 is 11.8 Å². The van der Waals surface area contributed by atoms with Gasteiger partial charge in [-0.25, -0.2) is 8.78 Å². The Morgan fingerprint density at radius 3 is 2.62 bits per heavy atom. The molecule has 1 aromatic carbocycles. The predicted octanol–water partition coefficient (Wildman–Crippen LogP) is 3.83. The van der Waals surface area contributed by atoms with Crippen LogP contribution in [0.1, 0.15) is 18.4 Å². The van der Waals surface area contributed by atoms with Gasteiger partial charge in [0.25, 0.3) is 0 Å². The van der Waals surface area contributed by atoms with Crippen LogP contribution in [-0.4, -0.2) is 18.6 Å². The Kier molecular flexibility index (Phi) is 5.60. The molecule has 0 amide bonds. The van der Waals surface area contributed by atoms with Gasteiger partial charge in [0, 0.05) is 12.6 Å². The molecule has 0 spiro atoms. The van der Waals surface area contributed by atoms with E-state index >= 15 is 0 Å². The highest BCUT2D eigenvalue weighted by Gasteiger charge is 2.06. The van der Waals surface area contributed by atoms with Gasteiger partial charge >= 0.3 is 0 Å². The highest BCUT2D eigenvalue weighted by Crippen LogP contribution is 2.18. The highest BCUT2D eigenvalue weighted by molar-refractivity contribution is 7.98. The number of anilines is 1. The summed E-state index contributed by atoms with van der Waals surface area (Å²) in [6.07, 6.45) is 4.11. The van der Waals surface area contributed by atoms with E-state index in [1.165, 1.54) is 12.1 Å². The largest absolute Gasteiger partial charge is 0.383 e. The number of aryl methyl sites for hydroxylation is 1. The number of unbranched alkanes of at least 4 members (excludes halogenated alkanes) is 1. The Morgan fingerprint density at radius 2 is 1.94 bits per heavy atom. The van der Waals surface area contributed by atoms with Crippen molar-refractivity contribution in [1.82, 2.24) is 0 Å². The van der Waals surface area contributed by atoms with Crippen molar-refractivity contribution in [1.29, 1.82) is 0 Å². The van der Waals surface area contributed by atoms with E-state index in [-0.39, 0.29) is 17.3 Å². The van der Waals surface area contributed by atoms with Gasteiger partial charge in [-0.2, -0.15) is 11.8 Å². The van der Waals surface area contributed by atoms with E-state index in [9.17, 15) is 8.78 Å². The monoisotopic (exact) mass is 245 g/mol. The molecule has 0 bridgehead atoms. The minimum absolute atomic E-state index is 0.257. The van der Waals surface area contributed by atoms with Gasteiger partial charge in [0.05, 0.1) is 5.69 Å². The van der Waals surface area contributed by atoms with Crippen molar-refractivity contribution >= 4 is 17.4 Å². The van der Waals surface area contributed by atoms with Gasteiger partial charge in [-0.05, 0) is 43.4 Å². The first-order chi connectivity index (χ1) is 7.65. The summed E-state index contributed by atoms with van der Waals surface area (Å²) >= 11 is 1.79. The standard InChI is InChI=1S/C12H17F2NS/c1-9-7-11(14)12(8-10(9)13)15-5-3-4-6-16-2/h7-8,15H,3-6H2,1-2H3. The Morgan fingerprint density at radius 1 is 1.19 bits per heavy atom. The lowest BCUT2D eigenvalue weighted by Gasteiger charge is -2.08. The zero-order valence-electron chi connectivity index (χ0n) is 9.65. The van der Waals surface area contributed by atoms with E-state index in [0.29, 0.717) is 12.1 Å². The van der Waals surface area contributed by atoms with Crippen LogP contribution in [0.4, 0.5) is 14.5 Å². The van der Waals surface area contributed by atoms with Crippen LogP contribution in [0.15, 0.2) is 12.1 Å². The summed E-state index contributed by atoms with van der Waals surface area (Å²) in [6.45, 7) is 2.24. The quantitative estimate of drug-likeness (QED) is 0.764. The molecular formula is C12H17F2NS. The van der Waals surface area contributed by atoms with E-state index in [4.69, 9.17) is 0 Å². The first-order valence-corrected chi connectivity index (χ1v) is 6.73. The average molecular weight is 245 g/mol. The van der Waals surface area contributed by atoms with Crippen LogP contribution in [-0.2, 0) is 0 Å². The van der Waals surface area contributed by atoms with E-state index in [1.807, 2.05) is 0 Å². The summed E-state index contributed by atoms with van der Waals surface area (Å²) in [6, 6.07) is 2.44. The normalized spacial score (nSPS) is 10.5. The number of hydrogen-bond acceptors (Lipinski definition) is 2. The van der Waals surface area contributed by atoms with Crippen molar-refractivity contribution < 1.29 is 8.78 Å². The van der Waals surface area contributed by atoms with Gasteiger partial charge in [0.2, 0.25) is 0 Å². The zero-order chi connectivity index (χ0) is 12.0. The molecule has 0 heterocycles. The fraction of sp³-hybridized carbons (Fsp3) is 0.500. The Hall–Kier alpha value is -0.770. The molecular weight excluding hydrogens is 228 g/mol. The van der Waals surface area contributed by atoms with Crippen LogP contribution in [0.3, 0.4) is 0 Å². The van der Waals surface area contributed by atoms with Crippen molar-refractivity contribution in [3.63, 3.8) is 0 Å². The van der Waals surface area contributed by atoms with Gasteiger partial charge < -0.3 is 5.32 Å². The molecule has 0 aliphatic heterocycles. The molecule has 0 aliphatic carbocycles. The third-order valence-corrected chi connectivity index (χ3v) is 3.04. The maximum absolute atomic E-state index is 13.4. The topological polar surface area (TPSA) is 12.0 Å². The van der Waals surface area contributed by atoms with Crippen LogP contribution in [0.25, 0.3) is 0 Å². The maximum atomic E-state index is 13.4. The second-order valence-electron chi connectivity index (χ2n) is 3.71. The molecule has 1 aromatic rings. The SMILES string of the molecule is CSCCCCNc1cc(F)c(C)cc1F. The minimum Gasteiger partial charge on any atom is -0.383 e. The molecule has 0 atom stereocenters. The number of thioether (sulfide) groups is 1. The molecule has 1 N–H and O–H groups in total. The van der Waals surface area contributed by atoms with Gasteiger partial charge in [0.1, 0.15) is 11.6 Å². The number of rotatable bonds is 6. The van der Waals surface area contributed by atoms with E-state index in [2.05, 4.69) is 11.6 Å². The molecule has 4 heteroatoms. The summed E-state index contributed by atoms with van der Waals surface area (Å²) < 4.78 is 26.6. The second kappa shape index (κ2) is 6.74. The van der Waals surface area contributed by atoms with Crippen molar-refractivity contribution in [2.75, 3.05) is 23.9 Å². The molecule has 0 radical (unpaired) electrons. The fourth-order valence-corrected chi connectivity index (χ4v) is 1.87. The lowest BCUT2D eigenvalue weighted by molar-refractivity contribution is 0.594. The van der Waals surface area contributed by atoms with Crippen molar-refractivity contribution in [2.45, 2.75) is 19.8 Å². The third-order valence-electron chi connectivity index (χ3n) is 2.34. The summed E-state index contributed by atoms with van der Waals surface area (Å²) in [5.41, 5.74) is 0.595. The molecule has 16 heavy (non-hydrogen) atoms. The fourth-order valence-electron chi connectivity index (χ4n) is 1.38. The van der Waals surface area contributed by atoms with Crippen LogP contribution in [0.2, 0.25) is 0 Å². The molecule has 0 unspecified atom stereocenters. The summed E-state index contributed by atoms with van der Waals surface area (Å²) in [4.78, 5) is 0. The van der Waals surface area contributed by atoms with Gasteiger partial charge in [0.15, 0.2) is 0 Å². The summed E-state index contributed by atoms with van der Waals surface area (Å²) in [5.74, 6) is 0.351. The highest BCUT2D eigenvalue weighted by atomic mass is 32.2. The predicted molar refractivity (Wildman–Crippen MR) is 67.2 cm³/mol. The Bertz CT molecular complexity index is 342. The van der Waals surface area contributed by atoms with Crippen LogP contribution in [0.5, 0.6) is 0 Å². The minimum atomic E-state index is -0.385. The van der Waals surface area contributed by atoms with Crippen LogP contribution in [0, 0.1) is 18.6 Å². The van der Waals surface area contributed by atoms with Crippen LogP contribution < -0.4 is 5.32 Å². The molecule has 0 fully saturated rings. The lowest BCUT2D eigenvalue weighted by Crippen LogP contribution is -2.04. The number of benzene rings is 1. The Balaban J connectivity index is 2.45. The molecule has 0 saturated carbocycles. The van der Waals surface area contributed by atoms with Crippen molar-refractivity contribution in [2.24, 2.45) is 0 Å². The first kappa shape index (κ1) is 13.3. The third kappa shape index (κ3) is 4.00. The van der Waals surface area contributed by atoms with E-state index < -0.39 is 0 Å². The zero-order valence-corrected chi connectivity index (χ0v) is 10.5. The van der Waals surface area contributed by atoms with Gasteiger partial charge in [-0.1, -0.05) is 0 Å². The lowest BCUT2D eigenvalue weighted by atomic mass is 10.2. The molecule has 1 nitrogen and oxygen atoms in total. The number of hydrogen-bond donors (Lipinski definition) is 1. The van der Waals surface area contributed by atoms with Crippen molar-refractivity contribution in [3.05, 3.63) is 29.3 Å². The number of halogens is 2. The summed E-state index contributed by atoms with van der Waals surface area (Å²) in [5, 5.41) is 2.92. The first-order valence-electron chi connectivity index (χ1n) is 5.33. The molecule has 0 aromatic heterocycles. The Labute approximate surface area is 99.6 Å². The van der Waals surface area contributed by atoms with Gasteiger partial charge in [-0.15, -0.1) is 0 Å². The smallest absolute Gasteiger partial charge is 0.146 e. The molecule has 0 aliphatic rings. The second-order valence-corrected chi connectivity index (χ2v) is 4.69. The summed E-state index contributed by atoms with van der Waals surface area (Å²) in [7, 11) is 0. The van der Waals surface area contributed by atoms with Crippen molar-refractivity contribution in [3.8, 4) is 0 Å². The molecule has 1 rings (SSSR count). The molecule has 90 valence electrons.